The molecule has 0 aliphatic heterocycles. The summed E-state index contributed by atoms with van der Waals surface area (Å²) in [6, 6.07) is 5.86. The van der Waals surface area contributed by atoms with Gasteiger partial charge in [0.2, 0.25) is 0 Å². The summed E-state index contributed by atoms with van der Waals surface area (Å²) in [7, 11) is 2.13. The Balaban J connectivity index is 0.00000729. The molecule has 28 heavy (non-hydrogen) atoms. The largest absolute Gasteiger partial charge is 0.416 e. The summed E-state index contributed by atoms with van der Waals surface area (Å²) in [5.74, 6) is 0.752. The van der Waals surface area contributed by atoms with Crippen LogP contribution < -0.4 is 10.6 Å². The molecule has 0 bridgehead atoms. The molecule has 2 N–H and O–H groups in total. The molecule has 0 aliphatic rings. The van der Waals surface area contributed by atoms with E-state index in [0.29, 0.717) is 19.0 Å². The van der Waals surface area contributed by atoms with E-state index >= 15 is 0 Å². The number of halogens is 4. The minimum Gasteiger partial charge on any atom is -0.357 e. The Hall–Kier alpha value is -1.03. The van der Waals surface area contributed by atoms with Crippen LogP contribution >= 0.6 is 24.0 Å². The quantitative estimate of drug-likeness (QED) is 0.209. The minimum atomic E-state index is -4.29. The van der Waals surface area contributed by atoms with Crippen LogP contribution in [0.2, 0.25) is 0 Å². The highest BCUT2D eigenvalue weighted by Crippen LogP contribution is 2.29. The lowest BCUT2D eigenvalue weighted by atomic mass is 10.1. The number of rotatable bonds is 10. The van der Waals surface area contributed by atoms with Crippen LogP contribution in [0.5, 0.6) is 0 Å². The molecule has 0 amide bonds. The van der Waals surface area contributed by atoms with Gasteiger partial charge >= 0.3 is 6.18 Å². The van der Waals surface area contributed by atoms with E-state index in [-0.39, 0.29) is 24.0 Å². The Kier molecular flexibility index (Phi) is 13.5. The third kappa shape index (κ3) is 11.1. The van der Waals surface area contributed by atoms with Gasteiger partial charge in [0.05, 0.1) is 5.56 Å². The fourth-order valence-electron chi connectivity index (χ4n) is 2.45. The van der Waals surface area contributed by atoms with Crippen molar-refractivity contribution in [3.63, 3.8) is 0 Å². The van der Waals surface area contributed by atoms with Gasteiger partial charge in [-0.1, -0.05) is 12.1 Å². The number of hydrogen-bond acceptors (Lipinski definition) is 2. The first kappa shape index (κ1) is 27.0. The first-order valence-electron chi connectivity index (χ1n) is 9.62. The van der Waals surface area contributed by atoms with E-state index in [4.69, 9.17) is 0 Å². The molecule has 8 heteroatoms. The van der Waals surface area contributed by atoms with E-state index in [1.54, 1.807) is 0 Å². The normalized spacial score (nSPS) is 12.2. The summed E-state index contributed by atoms with van der Waals surface area (Å²) >= 11 is 0. The second-order valence-electron chi connectivity index (χ2n) is 6.91. The Bertz CT molecular complexity index is 560. The maximum atomic E-state index is 12.6. The summed E-state index contributed by atoms with van der Waals surface area (Å²) in [4.78, 5) is 6.88. The topological polar surface area (TPSA) is 39.7 Å². The van der Waals surface area contributed by atoms with Gasteiger partial charge < -0.3 is 15.5 Å². The smallest absolute Gasteiger partial charge is 0.357 e. The molecule has 0 unspecified atom stereocenters. The van der Waals surface area contributed by atoms with E-state index in [1.165, 1.54) is 12.1 Å². The molecule has 0 aromatic heterocycles. The summed E-state index contributed by atoms with van der Waals surface area (Å²) in [5.41, 5.74) is 0.250. The number of hydrogen-bond donors (Lipinski definition) is 2. The van der Waals surface area contributed by atoms with Gasteiger partial charge in [0.15, 0.2) is 5.96 Å². The lowest BCUT2D eigenvalue weighted by Crippen LogP contribution is -2.38. The van der Waals surface area contributed by atoms with Crippen LogP contribution in [0, 0.1) is 0 Å². The molecule has 0 spiro atoms. The highest BCUT2D eigenvalue weighted by Gasteiger charge is 2.29. The van der Waals surface area contributed by atoms with Crippen molar-refractivity contribution < 1.29 is 13.2 Å². The standard InChI is InChI=1S/C20H33F3N4.HI/c1-5-24-19(25-13-6-7-15-27(4)16(2)3)26-14-12-17-8-10-18(11-9-17)20(21,22)23;/h8-11,16H,5-7,12-15H2,1-4H3,(H2,24,25,26);1H. The number of unbranched alkanes of at least 4 members (excludes halogenated alkanes) is 1. The van der Waals surface area contributed by atoms with Crippen molar-refractivity contribution in [2.24, 2.45) is 4.99 Å². The third-order valence-electron chi connectivity index (χ3n) is 4.40. The zero-order valence-electron chi connectivity index (χ0n) is 17.3. The van der Waals surface area contributed by atoms with Crippen molar-refractivity contribution >= 4 is 29.9 Å². The maximum absolute atomic E-state index is 12.6. The zero-order valence-corrected chi connectivity index (χ0v) is 19.6. The van der Waals surface area contributed by atoms with E-state index in [1.807, 2.05) is 6.92 Å². The van der Waals surface area contributed by atoms with Crippen molar-refractivity contribution in [3.8, 4) is 0 Å². The SMILES string of the molecule is CCNC(=NCCCCN(C)C(C)C)NCCc1ccc(C(F)(F)F)cc1.I. The number of aliphatic imine (C=N–C) groups is 1. The molecule has 0 radical (unpaired) electrons. The summed E-state index contributed by atoms with van der Waals surface area (Å²) in [6.45, 7) is 9.57. The van der Waals surface area contributed by atoms with Gasteiger partial charge in [0.1, 0.15) is 0 Å². The number of nitrogens with zero attached hydrogens (tertiary/aromatic N) is 2. The lowest BCUT2D eigenvalue weighted by Gasteiger charge is -2.20. The maximum Gasteiger partial charge on any atom is 0.416 e. The van der Waals surface area contributed by atoms with E-state index in [0.717, 1.165) is 56.1 Å². The monoisotopic (exact) mass is 514 g/mol. The summed E-state index contributed by atoms with van der Waals surface area (Å²) in [6.07, 6.45) is -1.52. The van der Waals surface area contributed by atoms with Crippen molar-refractivity contribution in [3.05, 3.63) is 35.4 Å². The number of guanidine groups is 1. The van der Waals surface area contributed by atoms with Gasteiger partial charge in [-0.25, -0.2) is 0 Å². The molecule has 0 aliphatic carbocycles. The molecule has 0 saturated carbocycles. The average molecular weight is 514 g/mol. The first-order chi connectivity index (χ1) is 12.7. The fraction of sp³-hybridized carbons (Fsp3) is 0.650. The highest BCUT2D eigenvalue weighted by molar-refractivity contribution is 14.0. The summed E-state index contributed by atoms with van der Waals surface area (Å²) < 4.78 is 37.7. The molecular weight excluding hydrogens is 480 g/mol. The Labute approximate surface area is 184 Å². The Morgan fingerprint density at radius 2 is 1.75 bits per heavy atom. The molecule has 1 aromatic carbocycles. The predicted octanol–water partition coefficient (Wildman–Crippen LogP) is 4.54. The molecule has 0 atom stereocenters. The molecular formula is C20H34F3IN4. The zero-order chi connectivity index (χ0) is 20.3. The third-order valence-corrected chi connectivity index (χ3v) is 4.40. The number of alkyl halides is 3. The van der Waals surface area contributed by atoms with Crippen LogP contribution in [0.4, 0.5) is 13.2 Å². The predicted molar refractivity (Wildman–Crippen MR) is 122 cm³/mol. The Morgan fingerprint density at radius 1 is 1.11 bits per heavy atom. The highest BCUT2D eigenvalue weighted by atomic mass is 127. The number of nitrogens with one attached hydrogen (secondary N) is 2. The van der Waals surface area contributed by atoms with Crippen molar-refractivity contribution in [1.29, 1.82) is 0 Å². The molecule has 0 fully saturated rings. The molecule has 1 rings (SSSR count). The van der Waals surface area contributed by atoms with E-state index < -0.39 is 11.7 Å². The van der Waals surface area contributed by atoms with Crippen molar-refractivity contribution in [2.45, 2.75) is 52.3 Å². The second kappa shape index (κ2) is 14.0. The molecule has 1 aromatic rings. The van der Waals surface area contributed by atoms with E-state index in [2.05, 4.69) is 41.4 Å². The van der Waals surface area contributed by atoms with Crippen LogP contribution in [-0.4, -0.2) is 50.1 Å². The molecule has 4 nitrogen and oxygen atoms in total. The van der Waals surface area contributed by atoms with Crippen LogP contribution in [0.3, 0.4) is 0 Å². The molecule has 162 valence electrons. The van der Waals surface area contributed by atoms with Gasteiger partial charge in [-0.05, 0) is 71.3 Å². The van der Waals surface area contributed by atoms with Crippen molar-refractivity contribution in [2.75, 3.05) is 33.2 Å². The van der Waals surface area contributed by atoms with Gasteiger partial charge in [-0.3, -0.25) is 4.99 Å². The van der Waals surface area contributed by atoms with Crippen LogP contribution in [0.1, 0.15) is 44.7 Å². The van der Waals surface area contributed by atoms with Crippen LogP contribution in [-0.2, 0) is 12.6 Å². The lowest BCUT2D eigenvalue weighted by molar-refractivity contribution is -0.137. The van der Waals surface area contributed by atoms with Gasteiger partial charge in [-0.2, -0.15) is 13.2 Å². The molecule has 0 heterocycles. The van der Waals surface area contributed by atoms with Crippen LogP contribution in [0.15, 0.2) is 29.3 Å². The van der Waals surface area contributed by atoms with Gasteiger partial charge in [-0.15, -0.1) is 24.0 Å². The van der Waals surface area contributed by atoms with Crippen molar-refractivity contribution in [1.82, 2.24) is 15.5 Å². The van der Waals surface area contributed by atoms with E-state index in [9.17, 15) is 13.2 Å². The second-order valence-corrected chi connectivity index (χ2v) is 6.91. The van der Waals surface area contributed by atoms with Gasteiger partial charge in [0.25, 0.3) is 0 Å². The Morgan fingerprint density at radius 3 is 2.29 bits per heavy atom. The first-order valence-corrected chi connectivity index (χ1v) is 9.62. The number of benzene rings is 1. The summed E-state index contributed by atoms with van der Waals surface area (Å²) in [5, 5.41) is 6.43. The fourth-order valence-corrected chi connectivity index (χ4v) is 2.45. The van der Waals surface area contributed by atoms with Gasteiger partial charge in [0, 0.05) is 25.7 Å². The average Bonchev–Trinajstić information content (AvgIpc) is 2.60. The minimum absolute atomic E-state index is 0. The molecule has 0 saturated heterocycles. The van der Waals surface area contributed by atoms with Crippen LogP contribution in [0.25, 0.3) is 0 Å².